The summed E-state index contributed by atoms with van der Waals surface area (Å²) >= 11 is 4.02. The van der Waals surface area contributed by atoms with Crippen molar-refractivity contribution in [1.82, 2.24) is 9.97 Å². The van der Waals surface area contributed by atoms with Gasteiger partial charge in [0.25, 0.3) is 0 Å². The molecule has 0 atom stereocenters. The van der Waals surface area contributed by atoms with Gasteiger partial charge in [0, 0.05) is 11.5 Å². The highest BCUT2D eigenvalue weighted by Gasteiger charge is 2.18. The van der Waals surface area contributed by atoms with Crippen LogP contribution in [-0.4, -0.2) is 21.5 Å². The highest BCUT2D eigenvalue weighted by atomic mass is 32.2. The fourth-order valence-electron chi connectivity index (χ4n) is 1.74. The number of anilines is 1. The number of benzene rings is 1. The molecule has 0 unspecified atom stereocenters. The van der Waals surface area contributed by atoms with Gasteiger partial charge in [0.1, 0.15) is 0 Å². The summed E-state index contributed by atoms with van der Waals surface area (Å²) in [5.74, 6) is 2.99. The molecular formula is C10H11N3S2. The molecule has 5 heteroatoms. The molecule has 0 bridgehead atoms. The first-order chi connectivity index (χ1) is 7.33. The minimum atomic E-state index is 0.494. The lowest BCUT2D eigenvalue weighted by molar-refractivity contribution is 1.35. The van der Waals surface area contributed by atoms with Crippen LogP contribution < -0.4 is 5.73 Å². The molecule has 1 aromatic heterocycles. The van der Waals surface area contributed by atoms with Gasteiger partial charge in [-0.25, -0.2) is 4.98 Å². The molecule has 78 valence electrons. The van der Waals surface area contributed by atoms with Crippen LogP contribution in [0.5, 0.6) is 0 Å². The van der Waals surface area contributed by atoms with Gasteiger partial charge in [-0.1, -0.05) is 6.07 Å². The lowest BCUT2D eigenvalue weighted by atomic mass is 10.2. The van der Waals surface area contributed by atoms with Crippen molar-refractivity contribution in [3.05, 3.63) is 23.8 Å². The van der Waals surface area contributed by atoms with Gasteiger partial charge >= 0.3 is 0 Å². The SMILES string of the molecule is Nc1nc2ccc(C3SCCS3)cc2[nH]1. The monoisotopic (exact) mass is 237 g/mol. The molecule has 0 spiro atoms. The third kappa shape index (κ3) is 1.70. The Bertz CT molecular complexity index is 488. The van der Waals surface area contributed by atoms with Crippen LogP contribution in [0, 0.1) is 0 Å². The summed E-state index contributed by atoms with van der Waals surface area (Å²) in [6.07, 6.45) is 0. The van der Waals surface area contributed by atoms with E-state index in [1.54, 1.807) is 0 Å². The van der Waals surface area contributed by atoms with Crippen LogP contribution in [0.4, 0.5) is 5.95 Å². The van der Waals surface area contributed by atoms with Crippen molar-refractivity contribution in [3.63, 3.8) is 0 Å². The zero-order chi connectivity index (χ0) is 10.3. The predicted molar refractivity (Wildman–Crippen MR) is 68.2 cm³/mol. The van der Waals surface area contributed by atoms with E-state index in [2.05, 4.69) is 22.1 Å². The first kappa shape index (κ1) is 9.42. The molecule has 1 aliphatic heterocycles. The number of aromatic amines is 1. The van der Waals surface area contributed by atoms with E-state index in [-0.39, 0.29) is 0 Å². The van der Waals surface area contributed by atoms with E-state index < -0.39 is 0 Å². The summed E-state index contributed by atoms with van der Waals surface area (Å²) in [7, 11) is 0. The molecule has 2 heterocycles. The molecule has 1 fully saturated rings. The normalized spacial score (nSPS) is 17.6. The summed E-state index contributed by atoms with van der Waals surface area (Å²) < 4.78 is 0.582. The van der Waals surface area contributed by atoms with Crippen molar-refractivity contribution in [3.8, 4) is 0 Å². The zero-order valence-electron chi connectivity index (χ0n) is 8.06. The van der Waals surface area contributed by atoms with Crippen molar-refractivity contribution in [2.24, 2.45) is 0 Å². The number of hydrogen-bond donors (Lipinski definition) is 2. The van der Waals surface area contributed by atoms with Gasteiger partial charge in [0.15, 0.2) is 5.95 Å². The molecule has 3 nitrogen and oxygen atoms in total. The number of rotatable bonds is 1. The van der Waals surface area contributed by atoms with Crippen LogP contribution in [0.2, 0.25) is 0 Å². The van der Waals surface area contributed by atoms with Crippen LogP contribution in [0.1, 0.15) is 10.1 Å². The Labute approximate surface area is 96.2 Å². The Morgan fingerprint density at radius 3 is 2.93 bits per heavy atom. The Kier molecular flexibility index (Phi) is 2.29. The summed E-state index contributed by atoms with van der Waals surface area (Å²) in [6, 6.07) is 6.35. The van der Waals surface area contributed by atoms with Crippen molar-refractivity contribution >= 4 is 40.5 Å². The van der Waals surface area contributed by atoms with Crippen molar-refractivity contribution in [2.45, 2.75) is 4.58 Å². The first-order valence-corrected chi connectivity index (χ1v) is 6.91. The van der Waals surface area contributed by atoms with Gasteiger partial charge in [-0.3, -0.25) is 0 Å². The lowest BCUT2D eigenvalue weighted by Gasteiger charge is -2.07. The third-order valence-electron chi connectivity index (χ3n) is 2.42. The Morgan fingerprint density at radius 2 is 2.13 bits per heavy atom. The minimum Gasteiger partial charge on any atom is -0.369 e. The van der Waals surface area contributed by atoms with E-state index in [1.807, 2.05) is 29.6 Å². The number of thioether (sulfide) groups is 2. The van der Waals surface area contributed by atoms with Gasteiger partial charge in [0.05, 0.1) is 15.6 Å². The van der Waals surface area contributed by atoms with E-state index in [9.17, 15) is 0 Å². The van der Waals surface area contributed by atoms with Crippen LogP contribution in [0.3, 0.4) is 0 Å². The average molecular weight is 237 g/mol. The second-order valence-electron chi connectivity index (χ2n) is 3.47. The molecule has 1 aromatic carbocycles. The van der Waals surface area contributed by atoms with E-state index in [0.717, 1.165) is 11.0 Å². The quantitative estimate of drug-likeness (QED) is 0.800. The maximum absolute atomic E-state index is 5.62. The topological polar surface area (TPSA) is 54.7 Å². The molecule has 3 rings (SSSR count). The summed E-state index contributed by atoms with van der Waals surface area (Å²) in [5.41, 5.74) is 8.97. The number of aromatic nitrogens is 2. The number of fused-ring (bicyclic) bond motifs is 1. The van der Waals surface area contributed by atoms with Crippen LogP contribution >= 0.6 is 23.5 Å². The fraction of sp³-hybridized carbons (Fsp3) is 0.300. The lowest BCUT2D eigenvalue weighted by Crippen LogP contribution is -1.84. The van der Waals surface area contributed by atoms with Gasteiger partial charge < -0.3 is 10.7 Å². The molecule has 1 saturated heterocycles. The van der Waals surface area contributed by atoms with E-state index >= 15 is 0 Å². The summed E-state index contributed by atoms with van der Waals surface area (Å²) in [5, 5.41) is 0. The number of nitrogen functional groups attached to an aromatic ring is 1. The van der Waals surface area contributed by atoms with Crippen LogP contribution in [0.25, 0.3) is 11.0 Å². The zero-order valence-corrected chi connectivity index (χ0v) is 9.70. The number of hydrogen-bond acceptors (Lipinski definition) is 4. The maximum atomic E-state index is 5.62. The number of H-pyrrole nitrogens is 1. The Hall–Kier alpha value is -0.810. The van der Waals surface area contributed by atoms with Gasteiger partial charge in [-0.05, 0) is 17.7 Å². The van der Waals surface area contributed by atoms with Crippen LogP contribution in [0.15, 0.2) is 18.2 Å². The molecule has 1 aliphatic rings. The van der Waals surface area contributed by atoms with Crippen LogP contribution in [-0.2, 0) is 0 Å². The second kappa shape index (κ2) is 3.64. The highest BCUT2D eigenvalue weighted by molar-refractivity contribution is 8.19. The molecule has 0 saturated carbocycles. The smallest absolute Gasteiger partial charge is 0.198 e. The number of imidazole rings is 1. The largest absolute Gasteiger partial charge is 0.369 e. The van der Waals surface area contributed by atoms with E-state index in [1.165, 1.54) is 17.1 Å². The van der Waals surface area contributed by atoms with Gasteiger partial charge in [-0.15, -0.1) is 23.5 Å². The maximum Gasteiger partial charge on any atom is 0.198 e. The standard InChI is InChI=1S/C10H11N3S2/c11-10-12-7-2-1-6(5-8(7)13-10)9-14-3-4-15-9/h1-2,5,9H,3-4H2,(H3,11,12,13). The van der Waals surface area contributed by atoms with E-state index in [0.29, 0.717) is 10.5 Å². The number of nitrogens with two attached hydrogens (primary N) is 1. The molecule has 0 amide bonds. The Morgan fingerprint density at radius 1 is 1.33 bits per heavy atom. The van der Waals surface area contributed by atoms with Crippen molar-refractivity contribution in [1.29, 1.82) is 0 Å². The molecule has 3 N–H and O–H groups in total. The fourth-order valence-corrected chi connectivity index (χ4v) is 4.58. The summed E-state index contributed by atoms with van der Waals surface area (Å²) in [4.78, 5) is 7.26. The molecule has 15 heavy (non-hydrogen) atoms. The van der Waals surface area contributed by atoms with Gasteiger partial charge in [0.2, 0.25) is 0 Å². The third-order valence-corrected chi connectivity index (χ3v) is 5.52. The summed E-state index contributed by atoms with van der Waals surface area (Å²) in [6.45, 7) is 0. The molecule has 0 aliphatic carbocycles. The minimum absolute atomic E-state index is 0.494. The number of nitrogens with one attached hydrogen (secondary N) is 1. The number of nitrogens with zero attached hydrogens (tertiary/aromatic N) is 1. The van der Waals surface area contributed by atoms with Gasteiger partial charge in [-0.2, -0.15) is 0 Å². The highest BCUT2D eigenvalue weighted by Crippen LogP contribution is 2.45. The van der Waals surface area contributed by atoms with Crippen molar-refractivity contribution < 1.29 is 0 Å². The second-order valence-corrected chi connectivity index (χ2v) is 6.20. The van der Waals surface area contributed by atoms with E-state index in [4.69, 9.17) is 5.73 Å². The van der Waals surface area contributed by atoms with Crippen molar-refractivity contribution in [2.75, 3.05) is 17.2 Å². The molecular weight excluding hydrogens is 226 g/mol. The molecule has 0 radical (unpaired) electrons. The molecule has 2 aromatic rings. The Balaban J connectivity index is 2.04. The first-order valence-electron chi connectivity index (χ1n) is 4.81. The predicted octanol–water partition coefficient (Wildman–Crippen LogP) is 2.62. The average Bonchev–Trinajstić information content (AvgIpc) is 2.82.